The molecule has 0 amide bonds. The lowest BCUT2D eigenvalue weighted by Gasteiger charge is -2.14. The van der Waals surface area contributed by atoms with Gasteiger partial charge in [-0.25, -0.2) is 13.2 Å². The Morgan fingerprint density at radius 3 is 2.23 bits per heavy atom. The molecule has 26 heavy (non-hydrogen) atoms. The second-order valence-corrected chi connectivity index (χ2v) is 8.64. The van der Waals surface area contributed by atoms with E-state index in [2.05, 4.69) is 0 Å². The Morgan fingerprint density at radius 2 is 1.65 bits per heavy atom. The molecule has 0 saturated carbocycles. The molecule has 0 heterocycles. The van der Waals surface area contributed by atoms with Crippen LogP contribution in [0.2, 0.25) is 0 Å². The van der Waals surface area contributed by atoms with Crippen molar-refractivity contribution < 1.29 is 22.7 Å². The topological polar surface area (TPSA) is 77.5 Å². The van der Waals surface area contributed by atoms with Crippen LogP contribution in [0.1, 0.15) is 44.3 Å². The van der Waals surface area contributed by atoms with E-state index in [1.165, 1.54) is 12.1 Å². The van der Waals surface area contributed by atoms with Crippen molar-refractivity contribution in [1.82, 2.24) is 0 Å². The summed E-state index contributed by atoms with van der Waals surface area (Å²) >= 11 is 0. The molecule has 138 valence electrons. The monoisotopic (exact) mass is 374 g/mol. The van der Waals surface area contributed by atoms with Crippen LogP contribution in [0.3, 0.4) is 0 Å². The normalized spacial score (nSPS) is 12.5. The molecule has 0 saturated heterocycles. The minimum atomic E-state index is -3.14. The zero-order valence-electron chi connectivity index (χ0n) is 15.3. The van der Waals surface area contributed by atoms with Crippen LogP contribution in [0.4, 0.5) is 0 Å². The fourth-order valence-electron chi connectivity index (χ4n) is 2.54. The average molecular weight is 374 g/mol. The van der Waals surface area contributed by atoms with Crippen molar-refractivity contribution in [3.63, 3.8) is 0 Å². The number of hydrogen-bond acceptors (Lipinski definition) is 5. The predicted octanol–water partition coefficient (Wildman–Crippen LogP) is 3.28. The highest BCUT2D eigenvalue weighted by Gasteiger charge is 2.22. The summed E-state index contributed by atoms with van der Waals surface area (Å²) in [6.45, 7) is 5.27. The van der Waals surface area contributed by atoms with Gasteiger partial charge in [0.1, 0.15) is 0 Å². The summed E-state index contributed by atoms with van der Waals surface area (Å²) in [5, 5.41) is 0. The Morgan fingerprint density at radius 1 is 1.04 bits per heavy atom. The fraction of sp³-hybridized carbons (Fsp3) is 0.300. The van der Waals surface area contributed by atoms with Crippen LogP contribution in [-0.2, 0) is 20.3 Å². The molecule has 6 heteroatoms. The molecule has 1 atom stereocenters. The molecule has 0 fully saturated rings. The van der Waals surface area contributed by atoms with Gasteiger partial charge < -0.3 is 4.74 Å². The van der Waals surface area contributed by atoms with Crippen LogP contribution in [0.5, 0.6) is 0 Å². The average Bonchev–Trinajstić information content (AvgIpc) is 2.55. The first-order valence-electron chi connectivity index (χ1n) is 8.16. The number of carbonyl (C=O) groups is 2. The molecule has 0 aliphatic heterocycles. The van der Waals surface area contributed by atoms with Gasteiger partial charge in [0.2, 0.25) is 5.78 Å². The van der Waals surface area contributed by atoms with Crippen molar-refractivity contribution >= 4 is 21.6 Å². The van der Waals surface area contributed by atoms with Crippen molar-refractivity contribution in [3.05, 3.63) is 70.3 Å². The van der Waals surface area contributed by atoms with Crippen LogP contribution < -0.4 is 0 Å². The molecule has 2 aromatic rings. The minimum Gasteiger partial charge on any atom is -0.451 e. The molecular weight excluding hydrogens is 352 g/mol. The van der Waals surface area contributed by atoms with Gasteiger partial charge in [-0.15, -0.1) is 0 Å². The van der Waals surface area contributed by atoms with Gasteiger partial charge in [0.15, 0.2) is 15.9 Å². The Bertz CT molecular complexity index is 927. The molecule has 0 unspecified atom stereocenters. The zero-order valence-corrected chi connectivity index (χ0v) is 16.1. The first-order chi connectivity index (χ1) is 12.1. The maximum atomic E-state index is 12.6. The second-order valence-electron chi connectivity index (χ2n) is 6.50. The van der Waals surface area contributed by atoms with Crippen LogP contribution in [-0.4, -0.2) is 32.5 Å². The summed E-state index contributed by atoms with van der Waals surface area (Å²) in [4.78, 5) is 24.8. The number of carbonyl (C=O) groups excluding carboxylic acids is 2. The summed E-state index contributed by atoms with van der Waals surface area (Å²) in [7, 11) is -3.14. The molecule has 0 radical (unpaired) electrons. The third kappa shape index (κ3) is 5.26. The largest absolute Gasteiger partial charge is 0.451 e. The van der Waals surface area contributed by atoms with Gasteiger partial charge in [0, 0.05) is 11.8 Å². The summed E-state index contributed by atoms with van der Waals surface area (Å²) in [5.74, 6) is -0.973. The Balaban J connectivity index is 2.09. The lowest BCUT2D eigenvalue weighted by atomic mass is 9.99. The van der Waals surface area contributed by atoms with E-state index in [0.29, 0.717) is 11.1 Å². The number of benzene rings is 2. The lowest BCUT2D eigenvalue weighted by molar-refractivity contribution is 0.0318. The number of hydrogen-bond donors (Lipinski definition) is 0. The molecule has 0 aliphatic rings. The van der Waals surface area contributed by atoms with Crippen molar-refractivity contribution in [3.8, 4) is 0 Å². The van der Waals surface area contributed by atoms with E-state index in [-0.39, 0.29) is 17.1 Å². The lowest BCUT2D eigenvalue weighted by Crippen LogP contribution is -2.25. The molecule has 2 aromatic carbocycles. The minimum absolute atomic E-state index is 0.0934. The number of ether oxygens (including phenoxy) is 1. The van der Waals surface area contributed by atoms with Crippen molar-refractivity contribution in [2.75, 3.05) is 6.26 Å². The Labute approximate surface area is 153 Å². The van der Waals surface area contributed by atoms with Gasteiger partial charge in [-0.05, 0) is 50.1 Å². The maximum absolute atomic E-state index is 12.6. The zero-order chi connectivity index (χ0) is 19.5. The van der Waals surface area contributed by atoms with Gasteiger partial charge in [0.05, 0.1) is 11.3 Å². The van der Waals surface area contributed by atoms with Gasteiger partial charge in [0.25, 0.3) is 0 Å². The van der Waals surface area contributed by atoms with E-state index in [1.54, 1.807) is 25.1 Å². The van der Waals surface area contributed by atoms with Gasteiger partial charge >= 0.3 is 5.97 Å². The molecule has 0 N–H and O–H groups in total. The highest BCUT2D eigenvalue weighted by Crippen LogP contribution is 2.16. The fourth-order valence-corrected chi connectivity index (χ4v) is 3.34. The Hall–Kier alpha value is -2.47. The van der Waals surface area contributed by atoms with Gasteiger partial charge in [-0.2, -0.15) is 0 Å². The molecular formula is C20H22O5S. The number of aryl methyl sites for hydroxylation is 2. The SMILES string of the molecule is Cc1ccc(C)c(C(=O)[C@@H](C)OC(=O)c2ccc(CS(C)(=O)=O)cc2)c1. The molecule has 0 aliphatic carbocycles. The Kier molecular flexibility index (Phi) is 5.97. The van der Waals surface area contributed by atoms with E-state index in [0.717, 1.165) is 17.4 Å². The number of sulfone groups is 1. The van der Waals surface area contributed by atoms with E-state index in [4.69, 9.17) is 4.74 Å². The highest BCUT2D eigenvalue weighted by atomic mass is 32.2. The summed E-state index contributed by atoms with van der Waals surface area (Å²) < 4.78 is 27.9. The third-order valence-electron chi connectivity index (χ3n) is 3.93. The van der Waals surface area contributed by atoms with Gasteiger partial charge in [-0.1, -0.05) is 29.8 Å². The van der Waals surface area contributed by atoms with Crippen molar-refractivity contribution in [2.24, 2.45) is 0 Å². The van der Waals surface area contributed by atoms with E-state index < -0.39 is 21.9 Å². The molecule has 0 bridgehead atoms. The first kappa shape index (κ1) is 19.8. The number of Topliss-reactive ketones (excluding diaryl/α,β-unsaturated/α-hetero) is 1. The quantitative estimate of drug-likeness (QED) is 0.573. The summed E-state index contributed by atoms with van der Waals surface area (Å²) in [6.07, 6.45) is 0.231. The van der Waals surface area contributed by atoms with E-state index in [9.17, 15) is 18.0 Å². The van der Waals surface area contributed by atoms with Crippen LogP contribution in [0.15, 0.2) is 42.5 Å². The molecule has 0 spiro atoms. The molecule has 0 aromatic heterocycles. The summed E-state index contributed by atoms with van der Waals surface area (Å²) in [5.41, 5.74) is 3.17. The van der Waals surface area contributed by atoms with Crippen molar-refractivity contribution in [1.29, 1.82) is 0 Å². The molecule has 5 nitrogen and oxygen atoms in total. The number of ketones is 1. The molecule has 2 rings (SSSR count). The standard InChI is InChI=1S/C20H22O5S/c1-13-5-6-14(2)18(11-13)19(21)15(3)25-20(22)17-9-7-16(8-10-17)12-26(4,23)24/h5-11,15H,12H2,1-4H3/t15-/m1/s1. The predicted molar refractivity (Wildman–Crippen MR) is 100 cm³/mol. The smallest absolute Gasteiger partial charge is 0.338 e. The second kappa shape index (κ2) is 7.83. The summed E-state index contributed by atoms with van der Waals surface area (Å²) in [6, 6.07) is 11.7. The number of esters is 1. The maximum Gasteiger partial charge on any atom is 0.338 e. The van der Waals surface area contributed by atoms with Crippen LogP contribution in [0, 0.1) is 13.8 Å². The highest BCUT2D eigenvalue weighted by molar-refractivity contribution is 7.89. The third-order valence-corrected chi connectivity index (χ3v) is 4.79. The number of rotatable bonds is 6. The van der Waals surface area contributed by atoms with E-state index in [1.807, 2.05) is 26.0 Å². The van der Waals surface area contributed by atoms with Crippen LogP contribution in [0.25, 0.3) is 0 Å². The van der Waals surface area contributed by atoms with Gasteiger partial charge in [-0.3, -0.25) is 4.79 Å². The van der Waals surface area contributed by atoms with Crippen LogP contribution >= 0.6 is 0 Å². The van der Waals surface area contributed by atoms with Crippen molar-refractivity contribution in [2.45, 2.75) is 32.6 Å². The first-order valence-corrected chi connectivity index (χ1v) is 10.2. The van der Waals surface area contributed by atoms with E-state index >= 15 is 0 Å².